The van der Waals surface area contributed by atoms with Gasteiger partial charge in [0.1, 0.15) is 12.4 Å². The van der Waals surface area contributed by atoms with Crippen LogP contribution in [0.5, 0.6) is 11.5 Å². The van der Waals surface area contributed by atoms with Gasteiger partial charge in [0.2, 0.25) is 5.91 Å². The Morgan fingerprint density at radius 2 is 2.03 bits per heavy atom. The molecule has 0 atom stereocenters. The molecule has 0 unspecified atom stereocenters. The van der Waals surface area contributed by atoms with Crippen molar-refractivity contribution in [1.82, 2.24) is 14.8 Å². The third-order valence-corrected chi connectivity index (χ3v) is 5.19. The van der Waals surface area contributed by atoms with Gasteiger partial charge in [0, 0.05) is 12.2 Å². The first kappa shape index (κ1) is 21.6. The molecule has 3 rings (SSSR count). The standard InChI is InChI=1S/C21H23FN4O3S/c1-4-26-19(12-29-17-9-8-14(2)10-18(17)28-3)24-25-21(26)30-13-20(27)23-16-7-5-6-15(22)11-16/h5-11H,4,12-13H2,1-3H3,(H,23,27). The average Bonchev–Trinajstić information content (AvgIpc) is 3.13. The maximum Gasteiger partial charge on any atom is 0.234 e. The molecule has 0 aliphatic carbocycles. The molecule has 0 spiro atoms. The van der Waals surface area contributed by atoms with E-state index in [4.69, 9.17) is 9.47 Å². The number of hydrogen-bond acceptors (Lipinski definition) is 6. The third kappa shape index (κ3) is 5.50. The first-order valence-corrected chi connectivity index (χ1v) is 10.4. The van der Waals surface area contributed by atoms with Crippen LogP contribution in [0.15, 0.2) is 47.6 Å². The number of aryl methyl sites for hydroxylation is 1. The SMILES string of the molecule is CCn1c(COc2ccc(C)cc2OC)nnc1SCC(=O)Nc1cccc(F)c1. The van der Waals surface area contributed by atoms with E-state index in [1.807, 2.05) is 36.6 Å². The lowest BCUT2D eigenvalue weighted by Crippen LogP contribution is -2.15. The highest BCUT2D eigenvalue weighted by Gasteiger charge is 2.15. The molecule has 0 saturated heterocycles. The summed E-state index contributed by atoms with van der Waals surface area (Å²) in [5.41, 5.74) is 1.49. The van der Waals surface area contributed by atoms with Crippen molar-refractivity contribution < 1.29 is 18.7 Å². The fraction of sp³-hybridized carbons (Fsp3) is 0.286. The van der Waals surface area contributed by atoms with Gasteiger partial charge in [-0.05, 0) is 49.7 Å². The number of rotatable bonds is 9. The molecule has 0 aliphatic rings. The molecule has 158 valence electrons. The van der Waals surface area contributed by atoms with Gasteiger partial charge in [-0.1, -0.05) is 23.9 Å². The van der Waals surface area contributed by atoms with Crippen LogP contribution in [-0.4, -0.2) is 33.5 Å². The highest BCUT2D eigenvalue weighted by atomic mass is 32.2. The number of halogens is 1. The summed E-state index contributed by atoms with van der Waals surface area (Å²) in [5, 5.41) is 11.6. The molecule has 7 nitrogen and oxygen atoms in total. The first-order chi connectivity index (χ1) is 14.5. The molecule has 1 amide bonds. The number of benzene rings is 2. The lowest BCUT2D eigenvalue weighted by atomic mass is 10.2. The second-order valence-electron chi connectivity index (χ2n) is 6.43. The highest BCUT2D eigenvalue weighted by molar-refractivity contribution is 7.99. The van der Waals surface area contributed by atoms with Crippen LogP contribution >= 0.6 is 11.8 Å². The zero-order valence-corrected chi connectivity index (χ0v) is 17.8. The van der Waals surface area contributed by atoms with E-state index in [1.165, 1.54) is 23.9 Å². The molecule has 2 aromatic carbocycles. The molecule has 1 aromatic heterocycles. The van der Waals surface area contributed by atoms with Gasteiger partial charge in [-0.2, -0.15) is 0 Å². The van der Waals surface area contributed by atoms with Crippen molar-refractivity contribution in [2.75, 3.05) is 18.2 Å². The summed E-state index contributed by atoms with van der Waals surface area (Å²) in [6, 6.07) is 11.5. The summed E-state index contributed by atoms with van der Waals surface area (Å²) < 4.78 is 26.4. The van der Waals surface area contributed by atoms with E-state index in [-0.39, 0.29) is 18.3 Å². The summed E-state index contributed by atoms with van der Waals surface area (Å²) in [6.07, 6.45) is 0. The van der Waals surface area contributed by atoms with Gasteiger partial charge in [0.25, 0.3) is 0 Å². The predicted octanol–water partition coefficient (Wildman–Crippen LogP) is 4.06. The van der Waals surface area contributed by atoms with Gasteiger partial charge in [-0.3, -0.25) is 4.79 Å². The molecule has 3 aromatic rings. The number of nitrogens with zero attached hydrogens (tertiary/aromatic N) is 3. The Morgan fingerprint density at radius 1 is 1.20 bits per heavy atom. The number of aromatic nitrogens is 3. The van der Waals surface area contributed by atoms with Crippen LogP contribution in [0.3, 0.4) is 0 Å². The van der Waals surface area contributed by atoms with E-state index >= 15 is 0 Å². The molecular formula is C21H23FN4O3S. The molecule has 0 aliphatic heterocycles. The number of thioether (sulfide) groups is 1. The zero-order valence-electron chi connectivity index (χ0n) is 17.0. The van der Waals surface area contributed by atoms with E-state index in [0.717, 1.165) is 5.56 Å². The normalized spacial score (nSPS) is 10.7. The smallest absolute Gasteiger partial charge is 0.234 e. The van der Waals surface area contributed by atoms with E-state index < -0.39 is 5.82 Å². The summed E-state index contributed by atoms with van der Waals surface area (Å²) in [7, 11) is 1.60. The Morgan fingerprint density at radius 3 is 2.77 bits per heavy atom. The van der Waals surface area contributed by atoms with Gasteiger partial charge >= 0.3 is 0 Å². The maximum absolute atomic E-state index is 13.2. The Hall–Kier alpha value is -3.07. The van der Waals surface area contributed by atoms with Gasteiger partial charge in [-0.25, -0.2) is 4.39 Å². The van der Waals surface area contributed by atoms with Crippen LogP contribution in [0.2, 0.25) is 0 Å². The number of carbonyl (C=O) groups excluding carboxylic acids is 1. The molecule has 0 bridgehead atoms. The fourth-order valence-corrected chi connectivity index (χ4v) is 3.60. The van der Waals surface area contributed by atoms with Crippen molar-refractivity contribution in [2.24, 2.45) is 0 Å². The predicted molar refractivity (Wildman–Crippen MR) is 114 cm³/mol. The van der Waals surface area contributed by atoms with E-state index in [0.29, 0.717) is 34.7 Å². The minimum atomic E-state index is -0.402. The Bertz CT molecular complexity index is 1030. The number of amides is 1. The number of ether oxygens (including phenoxy) is 2. The number of anilines is 1. The molecule has 0 fully saturated rings. The van der Waals surface area contributed by atoms with Crippen LogP contribution < -0.4 is 14.8 Å². The van der Waals surface area contributed by atoms with Gasteiger partial charge in [0.05, 0.1) is 12.9 Å². The quantitative estimate of drug-likeness (QED) is 0.516. The minimum absolute atomic E-state index is 0.126. The van der Waals surface area contributed by atoms with Gasteiger partial charge < -0.3 is 19.4 Å². The van der Waals surface area contributed by atoms with Crippen molar-refractivity contribution >= 4 is 23.4 Å². The largest absolute Gasteiger partial charge is 0.493 e. The lowest BCUT2D eigenvalue weighted by molar-refractivity contribution is -0.113. The molecular weight excluding hydrogens is 407 g/mol. The summed E-state index contributed by atoms with van der Waals surface area (Å²) in [6.45, 7) is 4.80. The lowest BCUT2D eigenvalue weighted by Gasteiger charge is -2.12. The van der Waals surface area contributed by atoms with E-state index in [1.54, 1.807) is 19.2 Å². The zero-order chi connectivity index (χ0) is 21.5. The van der Waals surface area contributed by atoms with Crippen LogP contribution in [-0.2, 0) is 17.9 Å². The van der Waals surface area contributed by atoms with Crippen LogP contribution in [0, 0.1) is 12.7 Å². The Balaban J connectivity index is 1.60. The maximum atomic E-state index is 13.2. The average molecular weight is 431 g/mol. The summed E-state index contributed by atoms with van der Waals surface area (Å²) in [5.74, 6) is 1.40. The Kier molecular flexibility index (Phi) is 7.29. The van der Waals surface area contributed by atoms with E-state index in [2.05, 4.69) is 15.5 Å². The molecule has 0 saturated carbocycles. The first-order valence-electron chi connectivity index (χ1n) is 9.38. The van der Waals surface area contributed by atoms with E-state index in [9.17, 15) is 9.18 Å². The minimum Gasteiger partial charge on any atom is -0.493 e. The number of nitrogens with one attached hydrogen (secondary N) is 1. The third-order valence-electron chi connectivity index (χ3n) is 4.23. The number of hydrogen-bond donors (Lipinski definition) is 1. The van der Waals surface area contributed by atoms with Crippen molar-refractivity contribution in [1.29, 1.82) is 0 Å². The number of methoxy groups -OCH3 is 1. The number of carbonyl (C=O) groups is 1. The summed E-state index contributed by atoms with van der Waals surface area (Å²) >= 11 is 1.26. The molecule has 30 heavy (non-hydrogen) atoms. The molecule has 1 N–H and O–H groups in total. The van der Waals surface area contributed by atoms with Gasteiger partial charge in [0.15, 0.2) is 22.5 Å². The van der Waals surface area contributed by atoms with Crippen molar-refractivity contribution in [2.45, 2.75) is 32.2 Å². The topological polar surface area (TPSA) is 78.3 Å². The second-order valence-corrected chi connectivity index (χ2v) is 7.38. The van der Waals surface area contributed by atoms with Gasteiger partial charge in [-0.15, -0.1) is 10.2 Å². The van der Waals surface area contributed by atoms with Crippen LogP contribution in [0.25, 0.3) is 0 Å². The van der Waals surface area contributed by atoms with Crippen LogP contribution in [0.4, 0.5) is 10.1 Å². The monoisotopic (exact) mass is 430 g/mol. The molecule has 0 radical (unpaired) electrons. The van der Waals surface area contributed by atoms with Crippen LogP contribution in [0.1, 0.15) is 18.3 Å². The highest BCUT2D eigenvalue weighted by Crippen LogP contribution is 2.28. The molecule has 1 heterocycles. The Labute approximate surface area is 178 Å². The van der Waals surface area contributed by atoms with Crippen molar-refractivity contribution in [3.05, 3.63) is 59.7 Å². The second kappa shape index (κ2) is 10.1. The van der Waals surface area contributed by atoms with Crippen molar-refractivity contribution in [3.8, 4) is 11.5 Å². The summed E-state index contributed by atoms with van der Waals surface area (Å²) in [4.78, 5) is 12.2. The fourth-order valence-electron chi connectivity index (χ4n) is 2.78. The molecule has 9 heteroatoms. The van der Waals surface area contributed by atoms with Crippen molar-refractivity contribution in [3.63, 3.8) is 0 Å².